The topological polar surface area (TPSA) is 81.1 Å². The molecule has 0 spiro atoms. The monoisotopic (exact) mass is 473 g/mol. The molecule has 1 unspecified atom stereocenters. The predicted molar refractivity (Wildman–Crippen MR) is 134 cm³/mol. The Bertz CT molecular complexity index is 1290. The number of alkyl halides is 1. The molecule has 0 radical (unpaired) electrons. The highest BCUT2D eigenvalue weighted by Crippen LogP contribution is 2.38. The van der Waals surface area contributed by atoms with E-state index in [9.17, 15) is 18.8 Å². The van der Waals surface area contributed by atoms with Crippen LogP contribution in [0.4, 0.5) is 14.6 Å². The molecule has 8 heteroatoms. The van der Waals surface area contributed by atoms with Gasteiger partial charge >= 0.3 is 0 Å². The van der Waals surface area contributed by atoms with Gasteiger partial charge in [0.2, 0.25) is 5.91 Å². The molecule has 1 atom stereocenters. The van der Waals surface area contributed by atoms with E-state index in [2.05, 4.69) is 10.3 Å². The molecule has 0 fully saturated rings. The van der Waals surface area contributed by atoms with E-state index >= 15 is 4.39 Å². The first-order valence-electron chi connectivity index (χ1n) is 11.1. The number of ketones is 1. The van der Waals surface area contributed by atoms with Crippen molar-refractivity contribution in [1.82, 2.24) is 9.55 Å². The van der Waals surface area contributed by atoms with E-state index < -0.39 is 11.7 Å². The zero-order valence-electron chi connectivity index (χ0n) is 20.7. The maximum Gasteiger partial charge on any atom is 0.258 e. The molecule has 3 rings (SSSR count). The van der Waals surface area contributed by atoms with E-state index in [0.29, 0.717) is 47.0 Å². The molecule has 1 aliphatic rings. The molecular weight excluding hydrogens is 440 g/mol. The minimum absolute atomic E-state index is 0. The number of anilines is 1. The zero-order chi connectivity index (χ0) is 25.7. The Morgan fingerprint density at radius 2 is 1.79 bits per heavy atom. The Morgan fingerprint density at radius 3 is 2.38 bits per heavy atom. The molecule has 1 amide bonds. The van der Waals surface area contributed by atoms with Crippen LogP contribution in [-0.2, 0) is 16.6 Å². The standard InChI is InChI=1S/C25H28FN3O3.CH3F.H2/c1-7-20(30)23-14(4)13(3)9-17(15(5)24(23)26)18-10-16-12-27-21(28-22(31)8-2)11-19(16)29(6)25(18)32;1-2;/h9-12,23H,7-8H2,1-6H3,(H,27,28,31);1H3;1H. The number of amides is 1. The highest BCUT2D eigenvalue weighted by atomic mass is 19.1. The number of fused-ring (bicyclic) bond motifs is 1. The summed E-state index contributed by atoms with van der Waals surface area (Å²) >= 11 is 0. The summed E-state index contributed by atoms with van der Waals surface area (Å²) in [6.07, 6.45) is 3.90. The van der Waals surface area contributed by atoms with Gasteiger partial charge in [-0.25, -0.2) is 9.37 Å². The van der Waals surface area contributed by atoms with Crippen molar-refractivity contribution in [2.45, 2.75) is 47.5 Å². The van der Waals surface area contributed by atoms with Crippen molar-refractivity contribution in [2.24, 2.45) is 13.0 Å². The summed E-state index contributed by atoms with van der Waals surface area (Å²) in [6.45, 7) is 8.65. The van der Waals surface area contributed by atoms with Crippen LogP contribution in [0.25, 0.3) is 16.5 Å². The van der Waals surface area contributed by atoms with Crippen LogP contribution in [0.15, 0.2) is 51.7 Å². The summed E-state index contributed by atoms with van der Waals surface area (Å²) in [7, 11) is 2.13. The number of carbonyl (C=O) groups is 2. The lowest BCUT2D eigenvalue weighted by Crippen LogP contribution is -2.22. The van der Waals surface area contributed by atoms with Crippen molar-refractivity contribution < 1.29 is 19.8 Å². The summed E-state index contributed by atoms with van der Waals surface area (Å²) < 4.78 is 26.4. The number of allylic oxidation sites excluding steroid dienone is 6. The molecule has 0 bridgehead atoms. The van der Waals surface area contributed by atoms with Crippen molar-refractivity contribution >= 4 is 34.0 Å². The Morgan fingerprint density at radius 1 is 1.15 bits per heavy atom. The molecule has 34 heavy (non-hydrogen) atoms. The number of halogens is 2. The van der Waals surface area contributed by atoms with Crippen LogP contribution in [0.3, 0.4) is 0 Å². The second-order valence-electron chi connectivity index (χ2n) is 8.10. The average Bonchev–Trinajstić information content (AvgIpc) is 2.92. The Kier molecular flexibility index (Phi) is 8.79. The predicted octanol–water partition coefficient (Wildman–Crippen LogP) is 5.69. The molecule has 0 saturated heterocycles. The first-order valence-corrected chi connectivity index (χ1v) is 11.1. The van der Waals surface area contributed by atoms with Crippen LogP contribution in [0.5, 0.6) is 0 Å². The molecule has 0 aliphatic heterocycles. The smallest absolute Gasteiger partial charge is 0.258 e. The van der Waals surface area contributed by atoms with E-state index in [0.717, 1.165) is 5.57 Å². The van der Waals surface area contributed by atoms with E-state index in [1.54, 1.807) is 59.1 Å². The third-order valence-corrected chi connectivity index (χ3v) is 6.09. The van der Waals surface area contributed by atoms with Crippen molar-refractivity contribution in [3.63, 3.8) is 0 Å². The molecule has 1 aliphatic carbocycles. The first kappa shape index (κ1) is 26.8. The lowest BCUT2D eigenvalue weighted by atomic mass is 9.89. The summed E-state index contributed by atoms with van der Waals surface area (Å²) in [5, 5.41) is 3.36. The van der Waals surface area contributed by atoms with Crippen LogP contribution in [0.1, 0.15) is 54.5 Å². The van der Waals surface area contributed by atoms with E-state index in [1.807, 2.05) is 6.92 Å². The fraction of sp³-hybridized carbons (Fsp3) is 0.385. The first-order chi connectivity index (χ1) is 16.1. The lowest BCUT2D eigenvalue weighted by Gasteiger charge is -2.16. The number of aryl methyl sites for hydroxylation is 1. The molecule has 2 aromatic rings. The Hall–Kier alpha value is -3.42. The van der Waals surface area contributed by atoms with Crippen LogP contribution in [-0.4, -0.2) is 28.4 Å². The van der Waals surface area contributed by atoms with Crippen molar-refractivity contribution in [3.05, 3.63) is 62.9 Å². The van der Waals surface area contributed by atoms with Crippen LogP contribution in [0, 0.1) is 5.92 Å². The number of aromatic nitrogens is 2. The van der Waals surface area contributed by atoms with Gasteiger partial charge in [0.1, 0.15) is 17.4 Å². The Balaban J connectivity index is 0.00000199. The van der Waals surface area contributed by atoms with E-state index in [1.165, 1.54) is 4.57 Å². The van der Waals surface area contributed by atoms with Gasteiger partial charge in [-0.2, -0.15) is 0 Å². The lowest BCUT2D eigenvalue weighted by molar-refractivity contribution is -0.121. The molecular formula is C26H33F2N3O3. The fourth-order valence-electron chi connectivity index (χ4n) is 3.93. The molecule has 184 valence electrons. The van der Waals surface area contributed by atoms with Crippen LogP contribution < -0.4 is 10.9 Å². The SMILES string of the molecule is CCC(=O)Nc1cc2c(cn1)cc(C1=CC(C)=C(C)C(C(=O)CC)C(F)=C1C)c(=O)n2C.CF.[HH]. The van der Waals surface area contributed by atoms with Gasteiger partial charge in [-0.15, -0.1) is 0 Å². The van der Waals surface area contributed by atoms with Crippen molar-refractivity contribution in [3.8, 4) is 0 Å². The molecule has 1 N–H and O–H groups in total. The summed E-state index contributed by atoms with van der Waals surface area (Å²) in [5.41, 5.74) is 2.77. The number of hydrogen-bond acceptors (Lipinski definition) is 4. The molecule has 6 nitrogen and oxygen atoms in total. The van der Waals surface area contributed by atoms with E-state index in [-0.39, 0.29) is 30.7 Å². The largest absolute Gasteiger partial charge is 0.311 e. The quantitative estimate of drug-likeness (QED) is 0.605. The Labute approximate surface area is 199 Å². The van der Waals surface area contributed by atoms with Gasteiger partial charge in [-0.1, -0.05) is 31.1 Å². The van der Waals surface area contributed by atoms with Gasteiger partial charge in [0.25, 0.3) is 5.56 Å². The molecule has 2 heterocycles. The molecule has 2 aromatic heterocycles. The van der Waals surface area contributed by atoms with Crippen molar-refractivity contribution in [1.29, 1.82) is 0 Å². The number of hydrogen-bond donors (Lipinski definition) is 1. The maximum absolute atomic E-state index is 15.5. The summed E-state index contributed by atoms with van der Waals surface area (Å²) in [4.78, 5) is 41.7. The van der Waals surface area contributed by atoms with Gasteiger partial charge in [-0.3, -0.25) is 18.8 Å². The third kappa shape index (κ3) is 5.05. The number of Topliss-reactive ketones (excluding diaryl/α,β-unsaturated/α-hetero) is 1. The second kappa shape index (κ2) is 11.1. The zero-order valence-corrected chi connectivity index (χ0v) is 20.7. The number of carbonyl (C=O) groups excluding carboxylic acids is 2. The molecule has 0 saturated carbocycles. The molecule has 0 aromatic carbocycles. The number of nitrogens with zero attached hydrogens (tertiary/aromatic N) is 2. The maximum atomic E-state index is 15.5. The van der Waals surface area contributed by atoms with Gasteiger partial charge in [-0.05, 0) is 38.0 Å². The fourth-order valence-corrected chi connectivity index (χ4v) is 3.93. The van der Waals surface area contributed by atoms with Gasteiger partial charge in [0.05, 0.1) is 18.6 Å². The number of pyridine rings is 2. The summed E-state index contributed by atoms with van der Waals surface area (Å²) in [5.74, 6) is -1.45. The van der Waals surface area contributed by atoms with Crippen LogP contribution >= 0.6 is 0 Å². The van der Waals surface area contributed by atoms with Gasteiger partial charge in [0, 0.05) is 44.5 Å². The normalized spacial score (nSPS) is 16.0. The average molecular weight is 474 g/mol. The van der Waals surface area contributed by atoms with Gasteiger partial charge in [0.15, 0.2) is 0 Å². The minimum atomic E-state index is -0.926. The second-order valence-corrected chi connectivity index (χ2v) is 8.10. The van der Waals surface area contributed by atoms with E-state index in [4.69, 9.17) is 0 Å². The van der Waals surface area contributed by atoms with Gasteiger partial charge < -0.3 is 9.88 Å². The van der Waals surface area contributed by atoms with Crippen molar-refractivity contribution in [2.75, 3.05) is 12.5 Å². The van der Waals surface area contributed by atoms with Crippen LogP contribution in [0.2, 0.25) is 0 Å². The number of nitrogens with one attached hydrogen (secondary N) is 1. The third-order valence-electron chi connectivity index (χ3n) is 6.09. The highest BCUT2D eigenvalue weighted by molar-refractivity contribution is 5.94. The minimum Gasteiger partial charge on any atom is -0.311 e. The summed E-state index contributed by atoms with van der Waals surface area (Å²) in [6, 6.07) is 3.33. The number of rotatable bonds is 5. The highest BCUT2D eigenvalue weighted by Gasteiger charge is 2.30.